The molecule has 0 bridgehead atoms. The number of furan rings is 1. The number of fused-ring (bicyclic) bond motifs is 1. The predicted molar refractivity (Wildman–Crippen MR) is 78.7 cm³/mol. The Morgan fingerprint density at radius 1 is 1.10 bits per heavy atom. The summed E-state index contributed by atoms with van der Waals surface area (Å²) < 4.78 is 5.60. The van der Waals surface area contributed by atoms with Crippen LogP contribution in [0, 0.1) is 6.92 Å². The van der Waals surface area contributed by atoms with Gasteiger partial charge in [-0.2, -0.15) is 0 Å². The number of carbonyl (C=O) groups excluding carboxylic acids is 1. The topological polar surface area (TPSA) is 56.2 Å². The van der Waals surface area contributed by atoms with Crippen LogP contribution in [-0.4, -0.2) is 5.78 Å². The van der Waals surface area contributed by atoms with E-state index in [1.54, 1.807) is 6.07 Å². The highest BCUT2D eigenvalue weighted by Gasteiger charge is 2.21. The zero-order valence-corrected chi connectivity index (χ0v) is 11.2. The van der Waals surface area contributed by atoms with Crippen LogP contribution >= 0.6 is 0 Å². The van der Waals surface area contributed by atoms with Crippen LogP contribution in [0.5, 0.6) is 0 Å². The van der Waals surface area contributed by atoms with Crippen LogP contribution in [0.3, 0.4) is 0 Å². The summed E-state index contributed by atoms with van der Waals surface area (Å²) in [4.78, 5) is 12.4. The van der Waals surface area contributed by atoms with Gasteiger partial charge in [0.25, 0.3) is 0 Å². The number of hydrogen-bond acceptors (Lipinski definition) is 3. The summed E-state index contributed by atoms with van der Waals surface area (Å²) in [7, 11) is 0. The van der Waals surface area contributed by atoms with Gasteiger partial charge in [-0.15, -0.1) is 0 Å². The largest absolute Gasteiger partial charge is 0.453 e. The first-order chi connectivity index (χ1) is 9.65. The Morgan fingerprint density at radius 2 is 1.85 bits per heavy atom. The number of hydrogen-bond donors (Lipinski definition) is 1. The lowest BCUT2D eigenvalue weighted by atomic mass is 10.0. The summed E-state index contributed by atoms with van der Waals surface area (Å²) in [5.41, 5.74) is 8.64. The fourth-order valence-electron chi connectivity index (χ4n) is 2.25. The van der Waals surface area contributed by atoms with Crippen molar-refractivity contribution < 1.29 is 9.21 Å². The Bertz CT molecular complexity index is 759. The van der Waals surface area contributed by atoms with Gasteiger partial charge < -0.3 is 10.2 Å². The van der Waals surface area contributed by atoms with Gasteiger partial charge in [0.2, 0.25) is 5.78 Å². The normalized spacial score (nSPS) is 12.5. The van der Waals surface area contributed by atoms with Crippen molar-refractivity contribution in [2.45, 2.75) is 13.0 Å². The molecule has 0 saturated heterocycles. The van der Waals surface area contributed by atoms with Crippen LogP contribution in [0.4, 0.5) is 0 Å². The van der Waals surface area contributed by atoms with E-state index in [2.05, 4.69) is 0 Å². The molecule has 20 heavy (non-hydrogen) atoms. The molecule has 1 unspecified atom stereocenters. The van der Waals surface area contributed by atoms with Gasteiger partial charge in [-0.1, -0.05) is 42.0 Å². The number of rotatable bonds is 3. The number of ketones is 1. The molecule has 2 aromatic carbocycles. The lowest BCUT2D eigenvalue weighted by molar-refractivity contribution is 0.0936. The molecule has 0 spiro atoms. The van der Waals surface area contributed by atoms with E-state index in [-0.39, 0.29) is 5.78 Å². The fraction of sp³-hybridized carbons (Fsp3) is 0.118. The van der Waals surface area contributed by atoms with Gasteiger partial charge >= 0.3 is 0 Å². The minimum absolute atomic E-state index is 0.204. The Hall–Kier alpha value is -2.39. The molecule has 2 N–H and O–H groups in total. The lowest BCUT2D eigenvalue weighted by Crippen LogP contribution is -2.20. The van der Waals surface area contributed by atoms with Gasteiger partial charge in [0.05, 0.1) is 6.04 Å². The van der Waals surface area contributed by atoms with E-state index in [4.69, 9.17) is 10.2 Å². The monoisotopic (exact) mass is 265 g/mol. The van der Waals surface area contributed by atoms with Crippen molar-refractivity contribution >= 4 is 16.8 Å². The van der Waals surface area contributed by atoms with Gasteiger partial charge in [0, 0.05) is 5.39 Å². The third-order valence-electron chi connectivity index (χ3n) is 3.36. The van der Waals surface area contributed by atoms with E-state index in [0.29, 0.717) is 11.3 Å². The second-order valence-corrected chi connectivity index (χ2v) is 4.90. The van der Waals surface area contributed by atoms with Gasteiger partial charge in [0.1, 0.15) is 5.58 Å². The van der Waals surface area contributed by atoms with Crippen molar-refractivity contribution in [3.63, 3.8) is 0 Å². The minimum atomic E-state index is -0.696. The number of carbonyl (C=O) groups is 1. The van der Waals surface area contributed by atoms with Crippen LogP contribution in [-0.2, 0) is 0 Å². The van der Waals surface area contributed by atoms with Gasteiger partial charge in [-0.3, -0.25) is 4.79 Å². The van der Waals surface area contributed by atoms with Crippen molar-refractivity contribution in [2.75, 3.05) is 0 Å². The van der Waals surface area contributed by atoms with Crippen molar-refractivity contribution in [2.24, 2.45) is 5.73 Å². The molecule has 3 aromatic rings. The zero-order chi connectivity index (χ0) is 14.1. The fourth-order valence-corrected chi connectivity index (χ4v) is 2.25. The molecule has 0 aliphatic rings. The van der Waals surface area contributed by atoms with Gasteiger partial charge in [0.15, 0.2) is 5.76 Å². The molecule has 0 aliphatic carbocycles. The predicted octanol–water partition coefficient (Wildman–Crippen LogP) is 3.62. The molecule has 3 rings (SSSR count). The second kappa shape index (κ2) is 4.94. The smallest absolute Gasteiger partial charge is 0.219 e. The molecular formula is C17H15NO2. The Labute approximate surface area is 117 Å². The van der Waals surface area contributed by atoms with E-state index < -0.39 is 6.04 Å². The van der Waals surface area contributed by atoms with Crippen molar-refractivity contribution in [1.82, 2.24) is 0 Å². The molecule has 1 atom stereocenters. The van der Waals surface area contributed by atoms with Gasteiger partial charge in [-0.25, -0.2) is 0 Å². The number of benzene rings is 2. The molecule has 3 nitrogen and oxygen atoms in total. The second-order valence-electron chi connectivity index (χ2n) is 4.90. The SMILES string of the molecule is Cc1ccc2oc(C(=O)C(N)c3ccccc3)cc2c1. The highest BCUT2D eigenvalue weighted by atomic mass is 16.3. The van der Waals surface area contributed by atoms with Crippen molar-refractivity contribution in [3.8, 4) is 0 Å². The van der Waals surface area contributed by atoms with E-state index >= 15 is 0 Å². The number of aryl methyl sites for hydroxylation is 1. The van der Waals surface area contributed by atoms with Crippen LogP contribution in [0.15, 0.2) is 59.0 Å². The zero-order valence-electron chi connectivity index (χ0n) is 11.2. The first-order valence-electron chi connectivity index (χ1n) is 6.50. The molecule has 0 fully saturated rings. The highest BCUT2D eigenvalue weighted by molar-refractivity contribution is 6.01. The maximum atomic E-state index is 12.4. The van der Waals surface area contributed by atoms with E-state index in [1.807, 2.05) is 55.5 Å². The molecule has 0 aliphatic heterocycles. The van der Waals surface area contributed by atoms with Crippen molar-refractivity contribution in [3.05, 3.63) is 71.5 Å². The summed E-state index contributed by atoms with van der Waals surface area (Å²) in [6.07, 6.45) is 0. The Morgan fingerprint density at radius 3 is 2.60 bits per heavy atom. The first kappa shape index (κ1) is 12.6. The van der Waals surface area contributed by atoms with Crippen LogP contribution in [0.25, 0.3) is 11.0 Å². The third-order valence-corrected chi connectivity index (χ3v) is 3.36. The average molecular weight is 265 g/mol. The third kappa shape index (κ3) is 2.24. The molecule has 100 valence electrons. The van der Waals surface area contributed by atoms with Crippen molar-refractivity contribution in [1.29, 1.82) is 0 Å². The summed E-state index contributed by atoms with van der Waals surface area (Å²) in [5.74, 6) is 0.104. The van der Waals surface area contributed by atoms with Crippen LogP contribution in [0.2, 0.25) is 0 Å². The highest BCUT2D eigenvalue weighted by Crippen LogP contribution is 2.24. The van der Waals surface area contributed by atoms with Crippen LogP contribution < -0.4 is 5.73 Å². The quantitative estimate of drug-likeness (QED) is 0.736. The molecule has 0 saturated carbocycles. The van der Waals surface area contributed by atoms with Gasteiger partial charge in [-0.05, 0) is 30.7 Å². The lowest BCUT2D eigenvalue weighted by Gasteiger charge is -2.08. The molecular weight excluding hydrogens is 250 g/mol. The first-order valence-corrected chi connectivity index (χ1v) is 6.50. The summed E-state index contributed by atoms with van der Waals surface area (Å²) in [6.45, 7) is 2.00. The molecule has 1 aromatic heterocycles. The standard InChI is InChI=1S/C17H15NO2/c1-11-7-8-14-13(9-11)10-15(20-14)17(19)16(18)12-5-3-2-4-6-12/h2-10,16H,18H2,1H3. The maximum absolute atomic E-state index is 12.4. The summed E-state index contributed by atoms with van der Waals surface area (Å²) in [6, 6.07) is 16.2. The Balaban J connectivity index is 1.96. The summed E-state index contributed by atoms with van der Waals surface area (Å²) in [5, 5.41) is 0.925. The molecule has 0 amide bonds. The molecule has 0 radical (unpaired) electrons. The number of Topliss-reactive ketones (excluding diaryl/α,β-unsaturated/α-hetero) is 1. The number of nitrogens with two attached hydrogens (primary N) is 1. The van der Waals surface area contributed by atoms with E-state index in [1.165, 1.54) is 0 Å². The minimum Gasteiger partial charge on any atom is -0.453 e. The van der Waals surface area contributed by atoms with E-state index in [9.17, 15) is 4.79 Å². The van der Waals surface area contributed by atoms with E-state index in [0.717, 1.165) is 16.5 Å². The average Bonchev–Trinajstić information content (AvgIpc) is 2.89. The Kier molecular flexibility index (Phi) is 3.12. The summed E-state index contributed by atoms with van der Waals surface area (Å²) >= 11 is 0. The molecule has 1 heterocycles. The molecule has 3 heteroatoms. The van der Waals surface area contributed by atoms with Crippen LogP contribution in [0.1, 0.15) is 27.7 Å². The maximum Gasteiger partial charge on any atom is 0.219 e.